The highest BCUT2D eigenvalue weighted by Crippen LogP contribution is 2.17. The second kappa shape index (κ2) is 6.22. The fourth-order valence-electron chi connectivity index (χ4n) is 2.12. The molecule has 0 fully saturated rings. The molecule has 0 spiro atoms. The van der Waals surface area contributed by atoms with Crippen LogP contribution in [0.3, 0.4) is 0 Å². The molecule has 2 rings (SSSR count). The first-order valence-corrected chi connectivity index (χ1v) is 7.12. The second-order valence-corrected chi connectivity index (χ2v) is 5.92. The van der Waals surface area contributed by atoms with Crippen LogP contribution in [0.4, 0.5) is 5.69 Å². The molecule has 3 heteroatoms. The van der Waals surface area contributed by atoms with Gasteiger partial charge in [0.25, 0.3) is 0 Å². The molecule has 0 unspecified atom stereocenters. The van der Waals surface area contributed by atoms with E-state index in [4.69, 9.17) is 5.73 Å². The summed E-state index contributed by atoms with van der Waals surface area (Å²) in [6, 6.07) is 14.6. The van der Waals surface area contributed by atoms with E-state index >= 15 is 0 Å². The van der Waals surface area contributed by atoms with Crippen molar-refractivity contribution in [2.45, 2.75) is 20.0 Å². The number of benzene rings is 2. The van der Waals surface area contributed by atoms with Gasteiger partial charge in [-0.15, -0.1) is 0 Å². The van der Waals surface area contributed by atoms with Gasteiger partial charge in [0.2, 0.25) is 0 Å². The Bertz CT molecular complexity index is 549. The summed E-state index contributed by atoms with van der Waals surface area (Å²) in [6.45, 7) is 3.88. The Balaban J connectivity index is 2.02. The highest BCUT2D eigenvalue weighted by atomic mass is 79.9. The molecule has 0 amide bonds. The van der Waals surface area contributed by atoms with Gasteiger partial charge in [-0.25, -0.2) is 0 Å². The minimum Gasteiger partial charge on any atom is -0.398 e. The van der Waals surface area contributed by atoms with Crippen molar-refractivity contribution in [1.29, 1.82) is 0 Å². The van der Waals surface area contributed by atoms with Gasteiger partial charge < -0.3 is 5.73 Å². The number of rotatable bonds is 4. The van der Waals surface area contributed by atoms with Crippen LogP contribution in [0.1, 0.15) is 16.7 Å². The molecule has 2 N–H and O–H groups in total. The van der Waals surface area contributed by atoms with Crippen LogP contribution in [0.2, 0.25) is 0 Å². The molecule has 100 valence electrons. The van der Waals surface area contributed by atoms with E-state index in [0.29, 0.717) is 0 Å². The number of nitrogens with zero attached hydrogens (tertiary/aromatic N) is 1. The zero-order valence-electron chi connectivity index (χ0n) is 11.4. The predicted molar refractivity (Wildman–Crippen MR) is 84.9 cm³/mol. The first-order valence-electron chi connectivity index (χ1n) is 6.32. The van der Waals surface area contributed by atoms with Crippen molar-refractivity contribution in [2.75, 3.05) is 12.8 Å². The van der Waals surface area contributed by atoms with E-state index in [-0.39, 0.29) is 0 Å². The Hall–Kier alpha value is -1.32. The Morgan fingerprint density at radius 1 is 1.05 bits per heavy atom. The van der Waals surface area contributed by atoms with Crippen LogP contribution in [0, 0.1) is 6.92 Å². The van der Waals surface area contributed by atoms with Gasteiger partial charge in [-0.3, -0.25) is 4.90 Å². The van der Waals surface area contributed by atoms with Crippen molar-refractivity contribution >= 4 is 21.6 Å². The number of hydrogen-bond acceptors (Lipinski definition) is 2. The van der Waals surface area contributed by atoms with E-state index in [1.54, 1.807) is 0 Å². The molecule has 19 heavy (non-hydrogen) atoms. The fourth-order valence-corrected chi connectivity index (χ4v) is 2.38. The summed E-state index contributed by atoms with van der Waals surface area (Å²) in [5.74, 6) is 0. The zero-order valence-corrected chi connectivity index (χ0v) is 12.9. The van der Waals surface area contributed by atoms with E-state index in [2.05, 4.69) is 65.1 Å². The minimum atomic E-state index is 0.865. The van der Waals surface area contributed by atoms with E-state index in [1.165, 1.54) is 16.7 Å². The van der Waals surface area contributed by atoms with Gasteiger partial charge in [-0.1, -0.05) is 45.8 Å². The smallest absolute Gasteiger partial charge is 0.0359 e. The van der Waals surface area contributed by atoms with Gasteiger partial charge in [0.05, 0.1) is 0 Å². The van der Waals surface area contributed by atoms with Crippen molar-refractivity contribution in [3.8, 4) is 0 Å². The maximum atomic E-state index is 6.02. The SMILES string of the molecule is Cc1ccc(N)c(CN(C)Cc2ccc(Br)cc2)c1. The number of nitrogens with two attached hydrogens (primary N) is 1. The lowest BCUT2D eigenvalue weighted by Gasteiger charge is -2.18. The summed E-state index contributed by atoms with van der Waals surface area (Å²) < 4.78 is 1.11. The lowest BCUT2D eigenvalue weighted by molar-refractivity contribution is 0.319. The summed E-state index contributed by atoms with van der Waals surface area (Å²) in [6.07, 6.45) is 0. The minimum absolute atomic E-state index is 0.865. The number of halogens is 1. The summed E-state index contributed by atoms with van der Waals surface area (Å²) >= 11 is 3.45. The average Bonchev–Trinajstić information content (AvgIpc) is 2.37. The lowest BCUT2D eigenvalue weighted by Crippen LogP contribution is -2.18. The Kier molecular flexibility index (Phi) is 4.61. The molecule has 0 aliphatic heterocycles. The quantitative estimate of drug-likeness (QED) is 0.864. The third kappa shape index (κ3) is 4.08. The van der Waals surface area contributed by atoms with Crippen LogP contribution < -0.4 is 5.73 Å². The molecule has 0 atom stereocenters. The molecule has 0 aliphatic rings. The molecule has 0 radical (unpaired) electrons. The predicted octanol–water partition coefficient (Wildman–Crippen LogP) is 3.97. The van der Waals surface area contributed by atoms with Gasteiger partial charge in [0.1, 0.15) is 0 Å². The molecule has 0 saturated heterocycles. The standard InChI is InChI=1S/C16H19BrN2/c1-12-3-8-16(18)14(9-12)11-19(2)10-13-4-6-15(17)7-5-13/h3-9H,10-11,18H2,1-2H3. The monoisotopic (exact) mass is 318 g/mol. The molecule has 0 bridgehead atoms. The summed E-state index contributed by atoms with van der Waals surface area (Å²) in [4.78, 5) is 2.27. The van der Waals surface area contributed by atoms with Gasteiger partial charge in [-0.05, 0) is 43.3 Å². The van der Waals surface area contributed by atoms with Crippen molar-refractivity contribution in [3.63, 3.8) is 0 Å². The van der Waals surface area contributed by atoms with E-state index in [9.17, 15) is 0 Å². The van der Waals surface area contributed by atoms with Crippen LogP contribution in [0.15, 0.2) is 46.9 Å². The number of nitrogen functional groups attached to an aromatic ring is 1. The fraction of sp³-hybridized carbons (Fsp3) is 0.250. The highest BCUT2D eigenvalue weighted by Gasteiger charge is 2.05. The maximum Gasteiger partial charge on any atom is 0.0359 e. The van der Waals surface area contributed by atoms with E-state index in [1.807, 2.05) is 12.1 Å². The van der Waals surface area contributed by atoms with Crippen molar-refractivity contribution in [1.82, 2.24) is 4.90 Å². The van der Waals surface area contributed by atoms with E-state index < -0.39 is 0 Å². The highest BCUT2D eigenvalue weighted by molar-refractivity contribution is 9.10. The van der Waals surface area contributed by atoms with Crippen molar-refractivity contribution in [3.05, 3.63) is 63.6 Å². The normalized spacial score (nSPS) is 10.9. The molecule has 0 aliphatic carbocycles. The molecule has 0 heterocycles. The largest absolute Gasteiger partial charge is 0.398 e. The van der Waals surface area contributed by atoms with E-state index in [0.717, 1.165) is 23.2 Å². The summed E-state index contributed by atoms with van der Waals surface area (Å²) in [7, 11) is 2.11. The van der Waals surface area contributed by atoms with Gasteiger partial charge in [0, 0.05) is 23.2 Å². The lowest BCUT2D eigenvalue weighted by atomic mass is 10.1. The topological polar surface area (TPSA) is 29.3 Å². The van der Waals surface area contributed by atoms with Crippen molar-refractivity contribution < 1.29 is 0 Å². The average molecular weight is 319 g/mol. The van der Waals surface area contributed by atoms with Gasteiger partial charge >= 0.3 is 0 Å². The molecule has 2 aromatic carbocycles. The summed E-state index contributed by atoms with van der Waals surface area (Å²) in [5.41, 5.74) is 10.6. The van der Waals surface area contributed by atoms with Gasteiger partial charge in [0.15, 0.2) is 0 Å². The van der Waals surface area contributed by atoms with Crippen LogP contribution >= 0.6 is 15.9 Å². The summed E-state index contributed by atoms with van der Waals surface area (Å²) in [5, 5.41) is 0. The maximum absolute atomic E-state index is 6.02. The van der Waals surface area contributed by atoms with Crippen LogP contribution in [0.5, 0.6) is 0 Å². The molecular weight excluding hydrogens is 300 g/mol. The molecule has 0 aromatic heterocycles. The van der Waals surface area contributed by atoms with Crippen molar-refractivity contribution in [2.24, 2.45) is 0 Å². The van der Waals surface area contributed by atoms with Crippen LogP contribution in [-0.4, -0.2) is 11.9 Å². The Morgan fingerprint density at radius 3 is 2.42 bits per heavy atom. The number of anilines is 1. The molecule has 2 aromatic rings. The van der Waals surface area contributed by atoms with Crippen LogP contribution in [0.25, 0.3) is 0 Å². The zero-order chi connectivity index (χ0) is 13.8. The third-order valence-corrected chi connectivity index (χ3v) is 3.63. The molecular formula is C16H19BrN2. The number of aryl methyl sites for hydroxylation is 1. The van der Waals surface area contributed by atoms with Gasteiger partial charge in [-0.2, -0.15) is 0 Å². The van der Waals surface area contributed by atoms with Crippen LogP contribution in [-0.2, 0) is 13.1 Å². The first-order chi connectivity index (χ1) is 9.04. The first kappa shape index (κ1) is 14.1. The Labute approximate surface area is 123 Å². The Morgan fingerprint density at radius 2 is 1.74 bits per heavy atom. The molecule has 0 saturated carbocycles. The second-order valence-electron chi connectivity index (χ2n) is 5.00. The third-order valence-electron chi connectivity index (χ3n) is 3.10. The molecule has 2 nitrogen and oxygen atoms in total. The number of hydrogen-bond donors (Lipinski definition) is 1.